The van der Waals surface area contributed by atoms with Crippen LogP contribution in [-0.4, -0.2) is 17.2 Å². The molecule has 86 valence electrons. The molecule has 0 unspecified atom stereocenters. The maximum atomic E-state index is 11.6. The van der Waals surface area contributed by atoms with Crippen LogP contribution in [0.15, 0.2) is 33.5 Å². The molecule has 0 fully saturated rings. The van der Waals surface area contributed by atoms with E-state index in [4.69, 9.17) is 4.42 Å². The molecule has 16 heavy (non-hydrogen) atoms. The molecule has 2 aromatic rings. The Bertz CT molecular complexity index is 525. The van der Waals surface area contributed by atoms with E-state index < -0.39 is 0 Å². The lowest BCUT2D eigenvalue weighted by molar-refractivity contribution is 0.482. The Hall–Kier alpha value is -1.55. The Balaban J connectivity index is 2.23. The summed E-state index contributed by atoms with van der Waals surface area (Å²) in [5.41, 5.74) is 1.51. The minimum atomic E-state index is -0.285. The van der Waals surface area contributed by atoms with Crippen molar-refractivity contribution >= 4 is 11.1 Å². The summed E-state index contributed by atoms with van der Waals surface area (Å²) in [6.45, 7) is 5.56. The molecule has 0 aliphatic carbocycles. The summed E-state index contributed by atoms with van der Waals surface area (Å²) in [6, 6.07) is 7.90. The van der Waals surface area contributed by atoms with Gasteiger partial charge in [-0.25, -0.2) is 4.79 Å². The fraction of sp³-hybridized carbons (Fsp3) is 0.417. The van der Waals surface area contributed by atoms with E-state index in [0.29, 0.717) is 18.2 Å². The SMILES string of the molecule is CC(C)NCCn1c(=O)oc2ccccc21. The van der Waals surface area contributed by atoms with Gasteiger partial charge in [0, 0.05) is 19.1 Å². The lowest BCUT2D eigenvalue weighted by atomic mass is 10.3. The number of nitrogens with one attached hydrogen (secondary N) is 1. The summed E-state index contributed by atoms with van der Waals surface area (Å²) in [6.07, 6.45) is 0. The third kappa shape index (κ3) is 2.17. The van der Waals surface area contributed by atoms with Crippen LogP contribution >= 0.6 is 0 Å². The van der Waals surface area contributed by atoms with E-state index in [0.717, 1.165) is 12.1 Å². The summed E-state index contributed by atoms with van der Waals surface area (Å²) >= 11 is 0. The molecule has 0 radical (unpaired) electrons. The van der Waals surface area contributed by atoms with Gasteiger partial charge in [0.05, 0.1) is 5.52 Å². The van der Waals surface area contributed by atoms with Crippen LogP contribution in [0.1, 0.15) is 13.8 Å². The van der Waals surface area contributed by atoms with Crippen molar-refractivity contribution in [3.8, 4) is 0 Å². The number of nitrogens with zero attached hydrogens (tertiary/aromatic N) is 1. The predicted molar refractivity (Wildman–Crippen MR) is 63.6 cm³/mol. The van der Waals surface area contributed by atoms with Crippen molar-refractivity contribution in [2.45, 2.75) is 26.4 Å². The van der Waals surface area contributed by atoms with E-state index in [1.807, 2.05) is 24.3 Å². The van der Waals surface area contributed by atoms with Gasteiger partial charge < -0.3 is 9.73 Å². The number of oxazole rings is 1. The summed E-state index contributed by atoms with van der Waals surface area (Å²) in [5.74, 6) is -0.285. The summed E-state index contributed by atoms with van der Waals surface area (Å²) in [5, 5.41) is 3.27. The average Bonchev–Trinajstić information content (AvgIpc) is 2.55. The molecule has 0 amide bonds. The minimum absolute atomic E-state index is 0.285. The van der Waals surface area contributed by atoms with Crippen molar-refractivity contribution in [2.24, 2.45) is 0 Å². The predicted octanol–water partition coefficient (Wildman–Crippen LogP) is 1.59. The number of benzene rings is 1. The highest BCUT2D eigenvalue weighted by atomic mass is 16.4. The van der Waals surface area contributed by atoms with Crippen molar-refractivity contribution in [1.82, 2.24) is 9.88 Å². The first-order chi connectivity index (χ1) is 7.68. The number of rotatable bonds is 4. The van der Waals surface area contributed by atoms with Crippen LogP contribution in [0.5, 0.6) is 0 Å². The average molecular weight is 220 g/mol. The number of hydrogen-bond acceptors (Lipinski definition) is 3. The lowest BCUT2D eigenvalue weighted by Crippen LogP contribution is -2.29. The van der Waals surface area contributed by atoms with E-state index >= 15 is 0 Å². The van der Waals surface area contributed by atoms with Gasteiger partial charge in [-0.3, -0.25) is 4.57 Å². The molecular formula is C12H16N2O2. The van der Waals surface area contributed by atoms with Crippen LogP contribution < -0.4 is 11.1 Å². The van der Waals surface area contributed by atoms with Gasteiger partial charge in [-0.2, -0.15) is 0 Å². The second-order valence-electron chi connectivity index (χ2n) is 4.10. The van der Waals surface area contributed by atoms with Crippen LogP contribution in [0.25, 0.3) is 11.1 Å². The van der Waals surface area contributed by atoms with E-state index in [1.165, 1.54) is 0 Å². The maximum Gasteiger partial charge on any atom is 0.419 e. The highest BCUT2D eigenvalue weighted by molar-refractivity contribution is 5.72. The molecule has 0 saturated heterocycles. The van der Waals surface area contributed by atoms with Gasteiger partial charge in [-0.1, -0.05) is 26.0 Å². The maximum absolute atomic E-state index is 11.6. The molecule has 4 heteroatoms. The molecule has 0 bridgehead atoms. The molecule has 0 atom stereocenters. The molecule has 1 heterocycles. The fourth-order valence-corrected chi connectivity index (χ4v) is 1.69. The molecule has 1 aromatic heterocycles. The molecule has 0 aliphatic heterocycles. The number of hydrogen-bond donors (Lipinski definition) is 1. The van der Waals surface area contributed by atoms with Crippen molar-refractivity contribution < 1.29 is 4.42 Å². The van der Waals surface area contributed by atoms with E-state index in [2.05, 4.69) is 19.2 Å². The standard InChI is InChI=1S/C12H16N2O2/c1-9(2)13-7-8-14-10-5-3-4-6-11(10)16-12(14)15/h3-6,9,13H,7-8H2,1-2H3. The van der Waals surface area contributed by atoms with Gasteiger partial charge in [0.2, 0.25) is 0 Å². The van der Waals surface area contributed by atoms with E-state index in [-0.39, 0.29) is 5.76 Å². The van der Waals surface area contributed by atoms with E-state index in [9.17, 15) is 4.79 Å². The molecular weight excluding hydrogens is 204 g/mol. The first-order valence-electron chi connectivity index (χ1n) is 5.50. The molecule has 2 rings (SSSR count). The van der Waals surface area contributed by atoms with Gasteiger partial charge in [0.15, 0.2) is 5.58 Å². The molecule has 0 spiro atoms. The van der Waals surface area contributed by atoms with Crippen LogP contribution in [0.4, 0.5) is 0 Å². The highest BCUT2D eigenvalue weighted by Crippen LogP contribution is 2.10. The van der Waals surface area contributed by atoms with Crippen molar-refractivity contribution in [1.29, 1.82) is 0 Å². The summed E-state index contributed by atoms with van der Waals surface area (Å²) < 4.78 is 6.79. The quantitative estimate of drug-likeness (QED) is 0.851. The Kier molecular flexibility index (Phi) is 3.10. The minimum Gasteiger partial charge on any atom is -0.408 e. The van der Waals surface area contributed by atoms with Crippen molar-refractivity contribution in [3.63, 3.8) is 0 Å². The van der Waals surface area contributed by atoms with Gasteiger partial charge in [-0.15, -0.1) is 0 Å². The van der Waals surface area contributed by atoms with Crippen molar-refractivity contribution in [2.75, 3.05) is 6.54 Å². The molecule has 1 N–H and O–H groups in total. The largest absolute Gasteiger partial charge is 0.419 e. The number of para-hydroxylation sites is 2. The summed E-state index contributed by atoms with van der Waals surface area (Å²) in [4.78, 5) is 11.6. The highest BCUT2D eigenvalue weighted by Gasteiger charge is 2.07. The Morgan fingerprint density at radius 2 is 2.12 bits per heavy atom. The topological polar surface area (TPSA) is 47.2 Å². The third-order valence-corrected chi connectivity index (χ3v) is 2.46. The van der Waals surface area contributed by atoms with Gasteiger partial charge in [0.1, 0.15) is 0 Å². The fourth-order valence-electron chi connectivity index (χ4n) is 1.69. The summed E-state index contributed by atoms with van der Waals surface area (Å²) in [7, 11) is 0. The number of fused-ring (bicyclic) bond motifs is 1. The van der Waals surface area contributed by atoms with Crippen LogP contribution in [-0.2, 0) is 6.54 Å². The van der Waals surface area contributed by atoms with E-state index in [1.54, 1.807) is 4.57 Å². The molecule has 0 aliphatic rings. The van der Waals surface area contributed by atoms with Crippen molar-refractivity contribution in [3.05, 3.63) is 34.8 Å². The first kappa shape index (κ1) is 11.0. The zero-order valence-electron chi connectivity index (χ0n) is 9.56. The zero-order valence-corrected chi connectivity index (χ0v) is 9.56. The number of aromatic nitrogens is 1. The van der Waals surface area contributed by atoms with Crippen LogP contribution in [0, 0.1) is 0 Å². The third-order valence-electron chi connectivity index (χ3n) is 2.46. The van der Waals surface area contributed by atoms with Crippen LogP contribution in [0.2, 0.25) is 0 Å². The monoisotopic (exact) mass is 220 g/mol. The second kappa shape index (κ2) is 4.53. The molecule has 0 saturated carbocycles. The first-order valence-corrected chi connectivity index (χ1v) is 5.50. The Morgan fingerprint density at radius 1 is 1.38 bits per heavy atom. The van der Waals surface area contributed by atoms with Crippen LogP contribution in [0.3, 0.4) is 0 Å². The van der Waals surface area contributed by atoms with Gasteiger partial charge in [0.25, 0.3) is 0 Å². The molecule has 4 nitrogen and oxygen atoms in total. The molecule has 1 aromatic carbocycles. The normalized spacial score (nSPS) is 11.4. The zero-order chi connectivity index (χ0) is 11.5. The van der Waals surface area contributed by atoms with Gasteiger partial charge in [-0.05, 0) is 12.1 Å². The Morgan fingerprint density at radius 3 is 2.88 bits per heavy atom. The van der Waals surface area contributed by atoms with Gasteiger partial charge >= 0.3 is 5.76 Å². The Labute approximate surface area is 93.9 Å². The lowest BCUT2D eigenvalue weighted by Gasteiger charge is -2.07. The smallest absolute Gasteiger partial charge is 0.408 e. The second-order valence-corrected chi connectivity index (χ2v) is 4.10.